The number of aliphatic hydroxyl groups is 1. The fourth-order valence-corrected chi connectivity index (χ4v) is 2.84. The van der Waals surface area contributed by atoms with Gasteiger partial charge in [0.05, 0.1) is 17.2 Å². The minimum absolute atomic E-state index is 0.0786. The molecule has 142 valence electrons. The van der Waals surface area contributed by atoms with Gasteiger partial charge in [-0.1, -0.05) is 19.9 Å². The first-order valence-corrected chi connectivity index (χ1v) is 8.90. The topological polar surface area (TPSA) is 78.6 Å². The highest BCUT2D eigenvalue weighted by Gasteiger charge is 2.33. The van der Waals surface area contributed by atoms with Crippen molar-refractivity contribution in [2.24, 2.45) is 0 Å². The van der Waals surface area contributed by atoms with E-state index < -0.39 is 11.9 Å². The summed E-state index contributed by atoms with van der Waals surface area (Å²) in [5, 5.41) is 13.0. The lowest BCUT2D eigenvalue weighted by atomic mass is 10.1. The van der Waals surface area contributed by atoms with Crippen molar-refractivity contribution in [3.05, 3.63) is 53.8 Å². The van der Waals surface area contributed by atoms with E-state index in [2.05, 4.69) is 10.3 Å². The lowest BCUT2D eigenvalue weighted by molar-refractivity contribution is 0.00415. The average Bonchev–Trinajstić information content (AvgIpc) is 3.01. The third-order valence-corrected chi connectivity index (χ3v) is 4.22. The number of likely N-dealkylation sites (tertiary alicyclic amines) is 1. The molecule has 1 aromatic carbocycles. The van der Waals surface area contributed by atoms with E-state index >= 15 is 0 Å². The van der Waals surface area contributed by atoms with Crippen LogP contribution in [0, 0.1) is 12.7 Å². The van der Waals surface area contributed by atoms with Crippen LogP contribution in [0.1, 0.15) is 30.0 Å². The second kappa shape index (κ2) is 7.75. The molecule has 0 unspecified atom stereocenters. The fraction of sp³-hybridized carbons (Fsp3) is 0.300. The molecule has 4 rings (SSSR count). The van der Waals surface area contributed by atoms with Crippen LogP contribution < -0.4 is 5.32 Å². The summed E-state index contributed by atoms with van der Waals surface area (Å²) in [6, 6.07) is 6.45. The van der Waals surface area contributed by atoms with Crippen LogP contribution >= 0.6 is 0 Å². The summed E-state index contributed by atoms with van der Waals surface area (Å²) in [5.41, 5.74) is 1.90. The lowest BCUT2D eigenvalue weighted by Gasteiger charge is -2.35. The number of rotatable bonds is 3. The van der Waals surface area contributed by atoms with Gasteiger partial charge in [0, 0.05) is 25.5 Å². The van der Waals surface area contributed by atoms with E-state index in [9.17, 15) is 14.3 Å². The Kier molecular flexibility index (Phi) is 5.41. The summed E-state index contributed by atoms with van der Waals surface area (Å²) < 4.78 is 19.9. The van der Waals surface area contributed by atoms with Gasteiger partial charge in [0.1, 0.15) is 17.1 Å². The first-order valence-electron chi connectivity index (χ1n) is 8.90. The Labute approximate surface area is 156 Å². The monoisotopic (exact) mass is 371 g/mol. The molecule has 2 N–H and O–H groups in total. The number of anilines is 2. The molecule has 27 heavy (non-hydrogen) atoms. The van der Waals surface area contributed by atoms with Gasteiger partial charge in [0.25, 0.3) is 5.91 Å². The number of hydrogen-bond donors (Lipinski definition) is 2. The van der Waals surface area contributed by atoms with Crippen molar-refractivity contribution in [2.45, 2.75) is 26.9 Å². The molecular weight excluding hydrogens is 349 g/mol. The van der Waals surface area contributed by atoms with Gasteiger partial charge in [0.2, 0.25) is 5.76 Å². The van der Waals surface area contributed by atoms with E-state index in [4.69, 9.17) is 4.42 Å². The number of amides is 1. The Bertz CT molecular complexity index is 964. The zero-order valence-corrected chi connectivity index (χ0v) is 15.5. The molecule has 3 aromatic rings. The van der Waals surface area contributed by atoms with Gasteiger partial charge >= 0.3 is 0 Å². The number of benzene rings is 1. The molecule has 0 spiro atoms. The summed E-state index contributed by atoms with van der Waals surface area (Å²) in [6.07, 6.45) is 2.61. The van der Waals surface area contributed by atoms with Crippen molar-refractivity contribution in [1.29, 1.82) is 0 Å². The second-order valence-corrected chi connectivity index (χ2v) is 6.15. The quantitative estimate of drug-likeness (QED) is 0.731. The van der Waals surface area contributed by atoms with Gasteiger partial charge < -0.3 is 19.7 Å². The van der Waals surface area contributed by atoms with Crippen LogP contribution in [0.2, 0.25) is 0 Å². The molecule has 6 nitrogen and oxygen atoms in total. The number of fused-ring (bicyclic) bond motifs is 1. The lowest BCUT2D eigenvalue weighted by Crippen LogP contribution is -2.53. The molecular formula is C20H22FN3O3. The third kappa shape index (κ3) is 3.64. The van der Waals surface area contributed by atoms with E-state index in [1.807, 2.05) is 13.8 Å². The van der Waals surface area contributed by atoms with E-state index in [-0.39, 0.29) is 30.4 Å². The van der Waals surface area contributed by atoms with Crippen LogP contribution in [0.15, 0.2) is 41.1 Å². The molecule has 1 aliphatic rings. The molecule has 1 aliphatic heterocycles. The summed E-state index contributed by atoms with van der Waals surface area (Å²) in [4.78, 5) is 18.2. The normalized spacial score (nSPS) is 13.7. The summed E-state index contributed by atoms with van der Waals surface area (Å²) >= 11 is 0. The van der Waals surface area contributed by atoms with Crippen molar-refractivity contribution in [3.8, 4) is 0 Å². The number of aromatic nitrogens is 1. The third-order valence-electron chi connectivity index (χ3n) is 4.22. The molecule has 3 heterocycles. The van der Waals surface area contributed by atoms with Gasteiger partial charge in [-0.15, -0.1) is 0 Å². The first kappa shape index (κ1) is 18.8. The molecule has 0 radical (unpaired) electrons. The predicted molar refractivity (Wildman–Crippen MR) is 102 cm³/mol. The van der Waals surface area contributed by atoms with Crippen molar-refractivity contribution in [2.75, 3.05) is 18.4 Å². The van der Waals surface area contributed by atoms with E-state index in [0.717, 1.165) is 5.56 Å². The molecule has 1 saturated heterocycles. The van der Waals surface area contributed by atoms with E-state index in [1.54, 1.807) is 37.5 Å². The van der Waals surface area contributed by atoms with Gasteiger partial charge in [-0.3, -0.25) is 9.78 Å². The van der Waals surface area contributed by atoms with Crippen molar-refractivity contribution < 1.29 is 18.7 Å². The SMILES string of the molecule is CC.Cc1ccc(Nc2c(C(=O)N3CC(O)C3)oc3ccncc23)c(F)c1. The Morgan fingerprint density at radius 2 is 2.07 bits per heavy atom. The highest BCUT2D eigenvalue weighted by molar-refractivity contribution is 6.07. The number of nitrogens with one attached hydrogen (secondary N) is 1. The van der Waals surface area contributed by atoms with E-state index in [1.165, 1.54) is 11.0 Å². The molecule has 0 bridgehead atoms. The van der Waals surface area contributed by atoms with Crippen LogP contribution in [0.25, 0.3) is 11.0 Å². The van der Waals surface area contributed by atoms with Crippen LogP contribution in [-0.2, 0) is 0 Å². The Balaban J connectivity index is 0.00000102. The van der Waals surface area contributed by atoms with Crippen molar-refractivity contribution in [3.63, 3.8) is 0 Å². The second-order valence-electron chi connectivity index (χ2n) is 6.15. The molecule has 0 saturated carbocycles. The number of β-amino-alcohol motifs (C(OH)–C–C–N with tert-alkyl or cyclic N) is 1. The van der Waals surface area contributed by atoms with Gasteiger partial charge in [-0.25, -0.2) is 4.39 Å². The molecule has 0 atom stereocenters. The Morgan fingerprint density at radius 1 is 1.33 bits per heavy atom. The number of carbonyl (C=O) groups excluding carboxylic acids is 1. The fourth-order valence-electron chi connectivity index (χ4n) is 2.84. The smallest absolute Gasteiger partial charge is 0.292 e. The largest absolute Gasteiger partial charge is 0.448 e. The van der Waals surface area contributed by atoms with E-state index in [0.29, 0.717) is 16.7 Å². The summed E-state index contributed by atoms with van der Waals surface area (Å²) in [7, 11) is 0. The number of halogens is 1. The van der Waals surface area contributed by atoms with Crippen LogP contribution in [0.5, 0.6) is 0 Å². The zero-order valence-electron chi connectivity index (χ0n) is 15.5. The van der Waals surface area contributed by atoms with Gasteiger partial charge in [0.15, 0.2) is 0 Å². The van der Waals surface area contributed by atoms with Gasteiger partial charge in [-0.05, 0) is 30.7 Å². The van der Waals surface area contributed by atoms with Crippen LogP contribution in [0.4, 0.5) is 15.8 Å². The summed E-state index contributed by atoms with van der Waals surface area (Å²) in [6.45, 7) is 6.31. The average molecular weight is 371 g/mol. The highest BCUT2D eigenvalue weighted by Crippen LogP contribution is 2.35. The number of aryl methyl sites for hydroxylation is 1. The number of carbonyl (C=O) groups is 1. The standard InChI is InChI=1S/C18H16FN3O3.C2H6/c1-10-2-3-14(13(19)6-10)21-16-12-7-20-5-4-15(12)25-17(16)18(24)22-8-11(23)9-22;1-2/h2-7,11,21,23H,8-9H2,1H3;1-2H3. The van der Waals surface area contributed by atoms with Crippen molar-refractivity contribution >= 4 is 28.3 Å². The Hall–Kier alpha value is -2.93. The molecule has 7 heteroatoms. The minimum atomic E-state index is -0.513. The number of pyridine rings is 1. The molecule has 1 fully saturated rings. The maximum Gasteiger partial charge on any atom is 0.292 e. The Morgan fingerprint density at radius 3 is 2.74 bits per heavy atom. The highest BCUT2D eigenvalue weighted by atomic mass is 19.1. The minimum Gasteiger partial charge on any atom is -0.448 e. The number of furan rings is 1. The number of hydrogen-bond acceptors (Lipinski definition) is 5. The molecule has 0 aliphatic carbocycles. The predicted octanol–water partition coefficient (Wildman–Crippen LogP) is 3.86. The summed E-state index contributed by atoms with van der Waals surface area (Å²) in [5.74, 6) is -0.692. The van der Waals surface area contributed by atoms with Crippen LogP contribution in [-0.4, -0.2) is 40.1 Å². The zero-order chi connectivity index (χ0) is 19.6. The number of nitrogens with zero attached hydrogens (tertiary/aromatic N) is 2. The maximum absolute atomic E-state index is 14.2. The first-order chi connectivity index (χ1) is 13.0. The van der Waals surface area contributed by atoms with Crippen molar-refractivity contribution in [1.82, 2.24) is 9.88 Å². The molecule has 2 aromatic heterocycles. The number of aliphatic hydroxyl groups excluding tert-OH is 1. The molecule has 1 amide bonds. The maximum atomic E-state index is 14.2. The van der Waals surface area contributed by atoms with Gasteiger partial charge in [-0.2, -0.15) is 0 Å². The van der Waals surface area contributed by atoms with Crippen LogP contribution in [0.3, 0.4) is 0 Å².